The van der Waals surface area contributed by atoms with Gasteiger partial charge in [-0.1, -0.05) is 13.8 Å². The molecular formula is C12H15NO2. The highest BCUT2D eigenvalue weighted by Gasteiger charge is 2.28. The van der Waals surface area contributed by atoms with Crippen molar-refractivity contribution < 1.29 is 9.90 Å². The average molecular weight is 205 g/mol. The highest BCUT2D eigenvalue weighted by molar-refractivity contribution is 5.99. The van der Waals surface area contributed by atoms with Gasteiger partial charge in [-0.25, -0.2) is 0 Å². The molecule has 0 spiro atoms. The van der Waals surface area contributed by atoms with Crippen LogP contribution in [-0.4, -0.2) is 11.0 Å². The molecule has 1 aromatic rings. The highest BCUT2D eigenvalue weighted by Crippen LogP contribution is 2.32. The molecule has 0 saturated heterocycles. The smallest absolute Gasteiger partial charge is 0.252 e. The zero-order chi connectivity index (χ0) is 11.0. The Hall–Kier alpha value is -1.51. The molecule has 2 N–H and O–H groups in total. The molecular weight excluding hydrogens is 190 g/mol. The van der Waals surface area contributed by atoms with Crippen molar-refractivity contribution in [2.45, 2.75) is 26.3 Å². The van der Waals surface area contributed by atoms with Crippen molar-refractivity contribution in [3.63, 3.8) is 0 Å². The maximum absolute atomic E-state index is 11.6. The van der Waals surface area contributed by atoms with Gasteiger partial charge in [0.15, 0.2) is 0 Å². The normalized spacial score (nSPS) is 19.1. The summed E-state index contributed by atoms with van der Waals surface area (Å²) in [6.07, 6.45) is 0.905. The van der Waals surface area contributed by atoms with Gasteiger partial charge in [0.25, 0.3) is 5.91 Å². The Morgan fingerprint density at radius 2 is 2.20 bits per heavy atom. The van der Waals surface area contributed by atoms with Gasteiger partial charge in [0.2, 0.25) is 0 Å². The maximum Gasteiger partial charge on any atom is 0.252 e. The van der Waals surface area contributed by atoms with Gasteiger partial charge in [0, 0.05) is 5.56 Å². The van der Waals surface area contributed by atoms with Gasteiger partial charge < -0.3 is 10.4 Å². The number of hydrogen-bond acceptors (Lipinski definition) is 2. The van der Waals surface area contributed by atoms with Gasteiger partial charge in [0.1, 0.15) is 5.75 Å². The van der Waals surface area contributed by atoms with Crippen molar-refractivity contribution in [2.24, 2.45) is 5.92 Å². The van der Waals surface area contributed by atoms with E-state index in [4.69, 9.17) is 0 Å². The number of carbonyl (C=O) groups excluding carboxylic acids is 1. The van der Waals surface area contributed by atoms with Gasteiger partial charge in [-0.05, 0) is 36.1 Å². The van der Waals surface area contributed by atoms with E-state index in [0.717, 1.165) is 12.0 Å². The Balaban J connectivity index is 2.35. The van der Waals surface area contributed by atoms with E-state index in [2.05, 4.69) is 19.2 Å². The fraction of sp³-hybridized carbons (Fsp3) is 0.417. The lowest BCUT2D eigenvalue weighted by atomic mass is 9.97. The molecule has 0 radical (unpaired) electrons. The third-order valence-electron chi connectivity index (χ3n) is 2.67. The maximum atomic E-state index is 11.6. The van der Waals surface area contributed by atoms with Crippen LogP contribution < -0.4 is 5.32 Å². The van der Waals surface area contributed by atoms with Gasteiger partial charge in [-0.2, -0.15) is 0 Å². The number of phenolic OH excluding ortho intramolecular Hbond substituents is 1. The Morgan fingerprint density at radius 1 is 1.47 bits per heavy atom. The Morgan fingerprint density at radius 3 is 2.87 bits per heavy atom. The summed E-state index contributed by atoms with van der Waals surface area (Å²) in [6, 6.07) is 4.97. The predicted octanol–water partition coefficient (Wildman–Crippen LogP) is 2.22. The molecule has 3 heteroatoms. The second-order valence-corrected chi connectivity index (χ2v) is 4.43. The van der Waals surface area contributed by atoms with Crippen LogP contribution in [0.1, 0.15) is 42.2 Å². The number of carbonyl (C=O) groups is 1. The molecule has 3 nitrogen and oxygen atoms in total. The van der Waals surface area contributed by atoms with Gasteiger partial charge >= 0.3 is 0 Å². The number of aromatic hydroxyl groups is 1. The van der Waals surface area contributed by atoms with Crippen molar-refractivity contribution in [3.05, 3.63) is 29.3 Å². The second kappa shape index (κ2) is 3.57. The second-order valence-electron chi connectivity index (χ2n) is 4.43. The summed E-state index contributed by atoms with van der Waals surface area (Å²) in [7, 11) is 0. The van der Waals surface area contributed by atoms with Crippen molar-refractivity contribution in [1.29, 1.82) is 0 Å². The minimum absolute atomic E-state index is 0.0318. The quantitative estimate of drug-likeness (QED) is 0.777. The van der Waals surface area contributed by atoms with E-state index in [9.17, 15) is 9.90 Å². The number of hydrogen-bond donors (Lipinski definition) is 2. The van der Waals surface area contributed by atoms with Crippen LogP contribution in [0.25, 0.3) is 0 Å². The number of phenols is 1. The van der Waals surface area contributed by atoms with E-state index in [0.29, 0.717) is 11.5 Å². The van der Waals surface area contributed by atoms with E-state index >= 15 is 0 Å². The highest BCUT2D eigenvalue weighted by atomic mass is 16.3. The zero-order valence-corrected chi connectivity index (χ0v) is 8.95. The lowest BCUT2D eigenvalue weighted by Crippen LogP contribution is -2.20. The van der Waals surface area contributed by atoms with Crippen molar-refractivity contribution in [2.75, 3.05) is 0 Å². The minimum atomic E-state index is -0.0318. The summed E-state index contributed by atoms with van der Waals surface area (Å²) >= 11 is 0. The van der Waals surface area contributed by atoms with Crippen LogP contribution in [0.5, 0.6) is 5.75 Å². The molecule has 1 unspecified atom stereocenters. The van der Waals surface area contributed by atoms with Crippen molar-refractivity contribution in [1.82, 2.24) is 5.32 Å². The van der Waals surface area contributed by atoms with Crippen molar-refractivity contribution in [3.8, 4) is 5.75 Å². The SMILES string of the molecule is CC(C)CC1NC(=O)c2ccc(O)cc21. The summed E-state index contributed by atoms with van der Waals surface area (Å²) in [5.41, 5.74) is 1.62. The summed E-state index contributed by atoms with van der Waals surface area (Å²) in [5.74, 6) is 0.707. The van der Waals surface area contributed by atoms with E-state index < -0.39 is 0 Å². The molecule has 0 bridgehead atoms. The summed E-state index contributed by atoms with van der Waals surface area (Å²) < 4.78 is 0. The third-order valence-corrected chi connectivity index (χ3v) is 2.67. The third kappa shape index (κ3) is 1.82. The van der Waals surface area contributed by atoms with Crippen molar-refractivity contribution >= 4 is 5.91 Å². The summed E-state index contributed by atoms with van der Waals surface area (Å²) in [4.78, 5) is 11.6. The van der Waals surface area contributed by atoms with Gasteiger partial charge in [-0.3, -0.25) is 4.79 Å². The number of rotatable bonds is 2. The number of nitrogens with one attached hydrogen (secondary N) is 1. The van der Waals surface area contributed by atoms with Crippen LogP contribution in [0.15, 0.2) is 18.2 Å². The largest absolute Gasteiger partial charge is 0.508 e. The van der Waals surface area contributed by atoms with E-state index in [-0.39, 0.29) is 17.7 Å². The summed E-state index contributed by atoms with van der Waals surface area (Å²) in [5, 5.41) is 12.3. The topological polar surface area (TPSA) is 49.3 Å². The summed E-state index contributed by atoms with van der Waals surface area (Å²) in [6.45, 7) is 4.24. The van der Waals surface area contributed by atoms with E-state index in [1.165, 1.54) is 0 Å². The molecule has 1 aliphatic heterocycles. The number of benzene rings is 1. The molecule has 0 saturated carbocycles. The molecule has 0 aromatic heterocycles. The van der Waals surface area contributed by atoms with Crippen LogP contribution in [-0.2, 0) is 0 Å². The van der Waals surface area contributed by atoms with Crippen LogP contribution in [0, 0.1) is 5.92 Å². The van der Waals surface area contributed by atoms with E-state index in [1.54, 1.807) is 18.2 Å². The van der Waals surface area contributed by atoms with Crippen LogP contribution in [0.4, 0.5) is 0 Å². The lowest BCUT2D eigenvalue weighted by Gasteiger charge is -2.14. The van der Waals surface area contributed by atoms with Crippen LogP contribution in [0.3, 0.4) is 0 Å². The molecule has 1 atom stereocenters. The predicted molar refractivity (Wildman–Crippen MR) is 57.8 cm³/mol. The molecule has 1 aromatic carbocycles. The van der Waals surface area contributed by atoms with Gasteiger partial charge in [0.05, 0.1) is 6.04 Å². The number of amides is 1. The van der Waals surface area contributed by atoms with Gasteiger partial charge in [-0.15, -0.1) is 0 Å². The molecule has 0 aliphatic carbocycles. The first-order valence-electron chi connectivity index (χ1n) is 5.21. The standard InChI is InChI=1S/C12H15NO2/c1-7(2)5-11-10-6-8(14)3-4-9(10)12(15)13-11/h3-4,6-7,11,14H,5H2,1-2H3,(H,13,15). The van der Waals surface area contributed by atoms with Crippen LogP contribution >= 0.6 is 0 Å². The lowest BCUT2D eigenvalue weighted by molar-refractivity contribution is 0.0953. The fourth-order valence-corrected chi connectivity index (χ4v) is 2.02. The Labute approximate surface area is 89.1 Å². The first-order chi connectivity index (χ1) is 7.08. The molecule has 80 valence electrons. The first-order valence-corrected chi connectivity index (χ1v) is 5.21. The van der Waals surface area contributed by atoms with Crippen LogP contribution in [0.2, 0.25) is 0 Å². The molecule has 1 heterocycles. The molecule has 1 aliphatic rings. The number of fused-ring (bicyclic) bond motifs is 1. The minimum Gasteiger partial charge on any atom is -0.508 e. The Kier molecular flexibility index (Phi) is 2.39. The average Bonchev–Trinajstić information content (AvgIpc) is 2.42. The molecule has 15 heavy (non-hydrogen) atoms. The fourth-order valence-electron chi connectivity index (χ4n) is 2.02. The monoisotopic (exact) mass is 205 g/mol. The first kappa shape index (κ1) is 10.0. The molecule has 2 rings (SSSR count). The zero-order valence-electron chi connectivity index (χ0n) is 8.95. The molecule has 1 amide bonds. The Bertz CT molecular complexity index is 399. The van der Waals surface area contributed by atoms with E-state index in [1.807, 2.05) is 0 Å². The molecule has 0 fully saturated rings.